The molecule has 0 unspecified atom stereocenters. The number of hydrogen-bond donors (Lipinski definition) is 2. The van der Waals surface area contributed by atoms with E-state index < -0.39 is 5.82 Å². The summed E-state index contributed by atoms with van der Waals surface area (Å²) in [6.07, 6.45) is 0. The maximum atomic E-state index is 14.1. The van der Waals surface area contributed by atoms with Crippen molar-refractivity contribution in [2.24, 2.45) is 0 Å². The number of aromatic nitrogens is 1. The van der Waals surface area contributed by atoms with Gasteiger partial charge in [-0.05, 0) is 49.4 Å². The summed E-state index contributed by atoms with van der Waals surface area (Å²) in [5.74, 6) is 0.185. The van der Waals surface area contributed by atoms with Gasteiger partial charge in [-0.3, -0.25) is 4.79 Å². The molecule has 0 saturated carbocycles. The Morgan fingerprint density at radius 1 is 1.08 bits per heavy atom. The molecular formula is C20H18FN3O2. The lowest BCUT2D eigenvalue weighted by Crippen LogP contribution is -2.13. The lowest BCUT2D eigenvalue weighted by atomic mass is 10.1. The molecule has 26 heavy (non-hydrogen) atoms. The number of nitrogens with one attached hydrogen (secondary N) is 1. The van der Waals surface area contributed by atoms with Crippen LogP contribution in [0.3, 0.4) is 0 Å². The number of halogens is 1. The van der Waals surface area contributed by atoms with Crippen LogP contribution in [0.1, 0.15) is 15.9 Å². The van der Waals surface area contributed by atoms with Gasteiger partial charge in [-0.25, -0.2) is 9.37 Å². The normalized spacial score (nSPS) is 10.4. The van der Waals surface area contributed by atoms with Crippen molar-refractivity contribution in [1.29, 1.82) is 0 Å². The van der Waals surface area contributed by atoms with E-state index in [9.17, 15) is 9.18 Å². The monoisotopic (exact) mass is 351 g/mol. The zero-order valence-corrected chi connectivity index (χ0v) is 14.4. The van der Waals surface area contributed by atoms with E-state index in [0.29, 0.717) is 22.7 Å². The van der Waals surface area contributed by atoms with Gasteiger partial charge < -0.3 is 15.8 Å². The van der Waals surface area contributed by atoms with Crippen LogP contribution in [0.2, 0.25) is 0 Å². The van der Waals surface area contributed by atoms with E-state index in [1.54, 1.807) is 30.3 Å². The number of nitrogens with two attached hydrogens (primary N) is 1. The van der Waals surface area contributed by atoms with Crippen molar-refractivity contribution in [3.63, 3.8) is 0 Å². The molecule has 0 fully saturated rings. The number of anilines is 2. The van der Waals surface area contributed by atoms with Gasteiger partial charge in [-0.1, -0.05) is 17.7 Å². The molecular weight excluding hydrogens is 333 g/mol. The van der Waals surface area contributed by atoms with Crippen molar-refractivity contribution in [2.45, 2.75) is 6.92 Å². The molecule has 6 heteroatoms. The number of amides is 1. The van der Waals surface area contributed by atoms with Crippen LogP contribution in [0.15, 0.2) is 54.6 Å². The Labute approximate surface area is 150 Å². The molecule has 0 bridgehead atoms. The highest BCUT2D eigenvalue weighted by Gasteiger charge is 2.13. The van der Waals surface area contributed by atoms with Crippen LogP contribution in [-0.2, 0) is 0 Å². The van der Waals surface area contributed by atoms with E-state index in [1.165, 1.54) is 19.2 Å². The molecule has 0 atom stereocenters. The Bertz CT molecular complexity index is 956. The Balaban J connectivity index is 1.86. The molecule has 1 amide bonds. The van der Waals surface area contributed by atoms with Gasteiger partial charge >= 0.3 is 0 Å². The standard InChI is InChI=1S/C20H18FN3O2/c1-12-3-5-13(6-4-12)20(25)24-18-10-8-15(19(22)23-18)16-11-14(26-2)7-9-17(16)21/h3-11H,1-2H3,(H3,22,23,24,25). The number of nitrogens with zero attached hydrogens (tertiary/aromatic N) is 1. The van der Waals surface area contributed by atoms with Gasteiger partial charge in [0.1, 0.15) is 23.2 Å². The summed E-state index contributed by atoms with van der Waals surface area (Å²) in [6, 6.07) is 14.7. The summed E-state index contributed by atoms with van der Waals surface area (Å²) in [7, 11) is 1.50. The van der Waals surface area contributed by atoms with Gasteiger partial charge in [0.2, 0.25) is 0 Å². The number of methoxy groups -OCH3 is 1. The smallest absolute Gasteiger partial charge is 0.256 e. The predicted molar refractivity (Wildman–Crippen MR) is 99.7 cm³/mol. The fraction of sp³-hybridized carbons (Fsp3) is 0.100. The van der Waals surface area contributed by atoms with Crippen molar-refractivity contribution in [2.75, 3.05) is 18.2 Å². The second-order valence-corrected chi connectivity index (χ2v) is 5.80. The number of carbonyl (C=O) groups is 1. The topological polar surface area (TPSA) is 77.2 Å². The number of rotatable bonds is 4. The van der Waals surface area contributed by atoms with E-state index in [0.717, 1.165) is 5.56 Å². The van der Waals surface area contributed by atoms with Crippen molar-refractivity contribution in [3.8, 4) is 16.9 Å². The molecule has 3 N–H and O–H groups in total. The van der Waals surface area contributed by atoms with Crippen LogP contribution in [0, 0.1) is 12.7 Å². The van der Waals surface area contributed by atoms with Gasteiger partial charge in [0.25, 0.3) is 5.91 Å². The van der Waals surface area contributed by atoms with E-state index >= 15 is 0 Å². The minimum Gasteiger partial charge on any atom is -0.497 e. The average molecular weight is 351 g/mol. The second kappa shape index (κ2) is 7.23. The molecule has 0 aliphatic rings. The first-order chi connectivity index (χ1) is 12.5. The summed E-state index contributed by atoms with van der Waals surface area (Å²) in [4.78, 5) is 16.4. The highest BCUT2D eigenvalue weighted by molar-refractivity contribution is 6.04. The average Bonchev–Trinajstić information content (AvgIpc) is 2.63. The largest absolute Gasteiger partial charge is 0.497 e. The van der Waals surface area contributed by atoms with Crippen LogP contribution in [0.4, 0.5) is 16.0 Å². The Morgan fingerprint density at radius 2 is 1.81 bits per heavy atom. The molecule has 0 spiro atoms. The number of ether oxygens (including phenoxy) is 1. The van der Waals surface area contributed by atoms with Crippen LogP contribution in [0.5, 0.6) is 5.75 Å². The maximum absolute atomic E-state index is 14.1. The van der Waals surface area contributed by atoms with E-state index in [1.807, 2.05) is 19.1 Å². The minimum absolute atomic E-state index is 0.110. The second-order valence-electron chi connectivity index (χ2n) is 5.80. The van der Waals surface area contributed by atoms with E-state index in [2.05, 4.69) is 10.3 Å². The zero-order chi connectivity index (χ0) is 18.7. The van der Waals surface area contributed by atoms with Crippen LogP contribution < -0.4 is 15.8 Å². The molecule has 1 aromatic heterocycles. The lowest BCUT2D eigenvalue weighted by Gasteiger charge is -2.11. The quantitative estimate of drug-likeness (QED) is 0.744. The van der Waals surface area contributed by atoms with E-state index in [4.69, 9.17) is 10.5 Å². The first kappa shape index (κ1) is 17.4. The summed E-state index contributed by atoms with van der Waals surface area (Å²) in [5, 5.41) is 2.69. The van der Waals surface area contributed by atoms with Crippen LogP contribution in [-0.4, -0.2) is 18.0 Å². The van der Waals surface area contributed by atoms with Crippen LogP contribution in [0.25, 0.3) is 11.1 Å². The molecule has 3 aromatic rings. The van der Waals surface area contributed by atoms with Crippen molar-refractivity contribution in [3.05, 3.63) is 71.5 Å². The van der Waals surface area contributed by atoms with Crippen molar-refractivity contribution in [1.82, 2.24) is 4.98 Å². The SMILES string of the molecule is COc1ccc(F)c(-c2ccc(NC(=O)c3ccc(C)cc3)nc2N)c1. The molecule has 3 rings (SSSR count). The van der Waals surface area contributed by atoms with Crippen molar-refractivity contribution < 1.29 is 13.9 Å². The molecule has 2 aromatic carbocycles. The molecule has 132 valence electrons. The summed E-state index contributed by atoms with van der Waals surface area (Å²) in [5.41, 5.74) is 8.26. The minimum atomic E-state index is -0.434. The fourth-order valence-electron chi connectivity index (χ4n) is 2.50. The number of hydrogen-bond acceptors (Lipinski definition) is 4. The molecule has 0 aliphatic heterocycles. The maximum Gasteiger partial charge on any atom is 0.256 e. The third kappa shape index (κ3) is 3.64. The molecule has 5 nitrogen and oxygen atoms in total. The molecule has 0 aliphatic carbocycles. The summed E-state index contributed by atoms with van der Waals surface area (Å²) >= 11 is 0. The lowest BCUT2D eigenvalue weighted by molar-refractivity contribution is 0.102. The Hall–Kier alpha value is -3.41. The first-order valence-electron chi connectivity index (χ1n) is 7.96. The van der Waals surface area contributed by atoms with E-state index in [-0.39, 0.29) is 17.3 Å². The van der Waals surface area contributed by atoms with Crippen molar-refractivity contribution >= 4 is 17.5 Å². The Morgan fingerprint density at radius 3 is 2.46 bits per heavy atom. The molecule has 1 heterocycles. The van der Waals surface area contributed by atoms with Gasteiger partial charge in [-0.2, -0.15) is 0 Å². The van der Waals surface area contributed by atoms with Gasteiger partial charge in [0, 0.05) is 16.7 Å². The number of carbonyl (C=O) groups excluding carboxylic acids is 1. The van der Waals surface area contributed by atoms with Gasteiger partial charge in [0.05, 0.1) is 7.11 Å². The Kier molecular flexibility index (Phi) is 4.84. The highest BCUT2D eigenvalue weighted by Crippen LogP contribution is 2.31. The number of pyridine rings is 1. The summed E-state index contributed by atoms with van der Waals surface area (Å²) in [6.45, 7) is 1.94. The highest BCUT2D eigenvalue weighted by atomic mass is 19.1. The first-order valence-corrected chi connectivity index (χ1v) is 7.96. The molecule has 0 saturated heterocycles. The molecule has 0 radical (unpaired) electrons. The summed E-state index contributed by atoms with van der Waals surface area (Å²) < 4.78 is 19.2. The van der Waals surface area contributed by atoms with Gasteiger partial charge in [0.15, 0.2) is 0 Å². The number of benzene rings is 2. The third-order valence-corrected chi connectivity index (χ3v) is 3.94. The zero-order valence-electron chi connectivity index (χ0n) is 14.4. The number of aryl methyl sites for hydroxylation is 1. The predicted octanol–water partition coefficient (Wildman–Crippen LogP) is 4.04. The van der Waals surface area contributed by atoms with Crippen LogP contribution >= 0.6 is 0 Å². The number of nitrogen functional groups attached to an aromatic ring is 1. The third-order valence-electron chi connectivity index (χ3n) is 3.94. The fourth-order valence-corrected chi connectivity index (χ4v) is 2.50. The van der Waals surface area contributed by atoms with Gasteiger partial charge in [-0.15, -0.1) is 0 Å².